The molecule has 0 aliphatic carbocycles. The number of hydrogen-bond acceptors (Lipinski definition) is 2. The van der Waals surface area contributed by atoms with Gasteiger partial charge >= 0.3 is 0 Å². The van der Waals surface area contributed by atoms with Crippen LogP contribution in [0.15, 0.2) is 0 Å². The molecule has 6 heavy (non-hydrogen) atoms. The molecule has 3 heteroatoms. The van der Waals surface area contributed by atoms with Crippen molar-refractivity contribution in [3.63, 3.8) is 0 Å². The Kier molecular flexibility index (Phi) is 8.73. The number of hydrogen-bond donors (Lipinski definition) is 1. The average Bonchev–Trinajstić information content (AvgIpc) is 1.38. The van der Waals surface area contributed by atoms with Crippen molar-refractivity contribution in [1.82, 2.24) is 4.90 Å². The molecule has 0 saturated carbocycles. The number of aliphatic hydroxyl groups excluding tert-OH is 1. The van der Waals surface area contributed by atoms with E-state index in [4.69, 9.17) is 5.11 Å². The quantitative estimate of drug-likeness (QED) is 0.488. The molecule has 1 N–H and O–H groups in total. The van der Waals surface area contributed by atoms with Crippen molar-refractivity contribution in [2.24, 2.45) is 0 Å². The van der Waals surface area contributed by atoms with Gasteiger partial charge in [0.1, 0.15) is 0 Å². The van der Waals surface area contributed by atoms with Crippen molar-refractivity contribution >= 4 is 0 Å². The minimum atomic E-state index is 0. The van der Waals surface area contributed by atoms with E-state index >= 15 is 0 Å². The normalized spacial score (nSPS) is 8.00. The first kappa shape index (κ1) is 9.66. The molecule has 0 bridgehead atoms. The van der Waals surface area contributed by atoms with Gasteiger partial charge in [0.15, 0.2) is 0 Å². The summed E-state index contributed by atoms with van der Waals surface area (Å²) in [6.45, 7) is 0.139. The maximum atomic E-state index is 8.07. The number of nitrogens with zero attached hydrogens (tertiary/aromatic N) is 1. The molecule has 0 aromatic heterocycles. The minimum absolute atomic E-state index is 0. The molecule has 0 rings (SSSR count). The SMILES string of the molecule is CN(C)CO.[Co]. The second-order valence-electron chi connectivity index (χ2n) is 1.22. The van der Waals surface area contributed by atoms with E-state index in [0.717, 1.165) is 0 Å². The van der Waals surface area contributed by atoms with Crippen molar-refractivity contribution in [1.29, 1.82) is 0 Å². The monoisotopic (exact) mass is 134 g/mol. The van der Waals surface area contributed by atoms with Crippen molar-refractivity contribution in [2.75, 3.05) is 20.8 Å². The summed E-state index contributed by atoms with van der Waals surface area (Å²) in [4.78, 5) is 1.68. The Balaban J connectivity index is 0. The van der Waals surface area contributed by atoms with Crippen molar-refractivity contribution < 1.29 is 21.9 Å². The number of aliphatic hydroxyl groups is 1. The Labute approximate surface area is 48.3 Å². The summed E-state index contributed by atoms with van der Waals surface area (Å²) in [5, 5.41) is 8.07. The van der Waals surface area contributed by atoms with Crippen LogP contribution in [-0.4, -0.2) is 30.8 Å². The van der Waals surface area contributed by atoms with Gasteiger partial charge in [0, 0.05) is 16.8 Å². The zero-order valence-corrected chi connectivity index (χ0v) is 4.98. The summed E-state index contributed by atoms with van der Waals surface area (Å²) in [6, 6.07) is 0. The first-order valence-electron chi connectivity index (χ1n) is 1.53. The molecule has 1 radical (unpaired) electrons. The molecule has 0 spiro atoms. The molecule has 0 unspecified atom stereocenters. The van der Waals surface area contributed by atoms with Crippen LogP contribution in [0, 0.1) is 0 Å². The third-order valence-corrected chi connectivity index (χ3v) is 0.283. The Morgan fingerprint density at radius 2 is 1.67 bits per heavy atom. The Hall–Kier alpha value is 0.426. The molecule has 0 aliphatic rings. The minimum Gasteiger partial charge on any atom is -0.381 e. The number of rotatable bonds is 1. The zero-order valence-electron chi connectivity index (χ0n) is 3.93. The fourth-order valence-electron chi connectivity index (χ4n) is 0. The topological polar surface area (TPSA) is 23.5 Å². The van der Waals surface area contributed by atoms with E-state index < -0.39 is 0 Å². The van der Waals surface area contributed by atoms with Crippen LogP contribution in [0.3, 0.4) is 0 Å². The maximum absolute atomic E-state index is 8.07. The molecule has 41 valence electrons. The Morgan fingerprint density at radius 3 is 1.67 bits per heavy atom. The Morgan fingerprint density at radius 1 is 1.50 bits per heavy atom. The van der Waals surface area contributed by atoms with Gasteiger partial charge in [-0.3, -0.25) is 4.90 Å². The van der Waals surface area contributed by atoms with E-state index in [1.54, 1.807) is 19.0 Å². The van der Waals surface area contributed by atoms with Crippen LogP contribution < -0.4 is 0 Å². The summed E-state index contributed by atoms with van der Waals surface area (Å²) in [5.41, 5.74) is 0. The van der Waals surface area contributed by atoms with E-state index in [1.165, 1.54) is 0 Å². The van der Waals surface area contributed by atoms with Gasteiger partial charge in [-0.05, 0) is 14.1 Å². The van der Waals surface area contributed by atoms with Gasteiger partial charge in [-0.2, -0.15) is 0 Å². The average molecular weight is 134 g/mol. The van der Waals surface area contributed by atoms with E-state index in [-0.39, 0.29) is 23.5 Å². The second kappa shape index (κ2) is 5.43. The molecule has 0 aromatic carbocycles. The molecule has 0 saturated heterocycles. The molecule has 0 aromatic rings. The Bertz CT molecular complexity index is 24.8. The van der Waals surface area contributed by atoms with Crippen LogP contribution >= 0.6 is 0 Å². The molecule has 0 fully saturated rings. The van der Waals surface area contributed by atoms with Crippen LogP contribution in [-0.2, 0) is 16.8 Å². The second-order valence-corrected chi connectivity index (χ2v) is 1.22. The van der Waals surface area contributed by atoms with Crippen LogP contribution in [0.4, 0.5) is 0 Å². The van der Waals surface area contributed by atoms with Crippen LogP contribution in [0.25, 0.3) is 0 Å². The van der Waals surface area contributed by atoms with Crippen LogP contribution in [0.1, 0.15) is 0 Å². The van der Waals surface area contributed by atoms with E-state index in [2.05, 4.69) is 0 Å². The van der Waals surface area contributed by atoms with Crippen LogP contribution in [0.5, 0.6) is 0 Å². The molecule has 0 amide bonds. The van der Waals surface area contributed by atoms with Crippen molar-refractivity contribution in [3.8, 4) is 0 Å². The third-order valence-electron chi connectivity index (χ3n) is 0.283. The van der Waals surface area contributed by atoms with E-state index in [0.29, 0.717) is 0 Å². The van der Waals surface area contributed by atoms with Crippen LogP contribution in [0.2, 0.25) is 0 Å². The first-order valence-corrected chi connectivity index (χ1v) is 1.53. The largest absolute Gasteiger partial charge is 0.381 e. The molecule has 0 aliphatic heterocycles. The van der Waals surface area contributed by atoms with E-state index in [1.807, 2.05) is 0 Å². The predicted molar refractivity (Wildman–Crippen MR) is 20.8 cm³/mol. The van der Waals surface area contributed by atoms with E-state index in [9.17, 15) is 0 Å². The van der Waals surface area contributed by atoms with Gasteiger partial charge in [-0.15, -0.1) is 0 Å². The summed E-state index contributed by atoms with van der Waals surface area (Å²) < 4.78 is 0. The standard InChI is InChI=1S/C3H9NO.Co/c1-4(2)3-5;/h5H,3H2,1-2H3;. The smallest absolute Gasteiger partial charge is 0.0951 e. The third kappa shape index (κ3) is 8.83. The van der Waals surface area contributed by atoms with Gasteiger partial charge < -0.3 is 5.11 Å². The molecular formula is C3H9CoNO. The summed E-state index contributed by atoms with van der Waals surface area (Å²) in [5.74, 6) is 0. The summed E-state index contributed by atoms with van der Waals surface area (Å²) >= 11 is 0. The molecular weight excluding hydrogens is 125 g/mol. The zero-order chi connectivity index (χ0) is 4.28. The van der Waals surface area contributed by atoms with Crippen molar-refractivity contribution in [2.45, 2.75) is 0 Å². The van der Waals surface area contributed by atoms with Gasteiger partial charge in [0.05, 0.1) is 6.73 Å². The molecule has 2 nitrogen and oxygen atoms in total. The van der Waals surface area contributed by atoms with Gasteiger partial charge in [-0.1, -0.05) is 0 Å². The maximum Gasteiger partial charge on any atom is 0.0951 e. The summed E-state index contributed by atoms with van der Waals surface area (Å²) in [6.07, 6.45) is 0. The molecule has 0 heterocycles. The van der Waals surface area contributed by atoms with Gasteiger partial charge in [0.2, 0.25) is 0 Å². The predicted octanol–water partition coefficient (Wildman–Crippen LogP) is -0.505. The van der Waals surface area contributed by atoms with Gasteiger partial charge in [0.25, 0.3) is 0 Å². The first-order chi connectivity index (χ1) is 2.27. The fourth-order valence-corrected chi connectivity index (χ4v) is 0. The fraction of sp³-hybridized carbons (Fsp3) is 1.00. The molecule has 0 atom stereocenters. The summed E-state index contributed by atoms with van der Waals surface area (Å²) in [7, 11) is 3.61. The van der Waals surface area contributed by atoms with Gasteiger partial charge in [-0.25, -0.2) is 0 Å². The van der Waals surface area contributed by atoms with Crippen molar-refractivity contribution in [3.05, 3.63) is 0 Å².